The van der Waals surface area contributed by atoms with Crippen LogP contribution in [0.4, 0.5) is 20.2 Å². The number of rotatable bonds is 6. The summed E-state index contributed by atoms with van der Waals surface area (Å²) in [6, 6.07) is 15.5. The first-order chi connectivity index (χ1) is 12.6. The Bertz CT molecular complexity index is 863. The molecule has 0 aliphatic rings. The van der Waals surface area contributed by atoms with Crippen molar-refractivity contribution in [1.82, 2.24) is 10.3 Å². The van der Waals surface area contributed by atoms with E-state index in [0.29, 0.717) is 24.3 Å². The first-order valence-corrected chi connectivity index (χ1v) is 8.11. The summed E-state index contributed by atoms with van der Waals surface area (Å²) >= 11 is 0. The molecule has 6 heteroatoms. The Balaban J connectivity index is 1.51. The van der Waals surface area contributed by atoms with E-state index in [1.165, 1.54) is 30.5 Å². The van der Waals surface area contributed by atoms with Crippen molar-refractivity contribution >= 4 is 17.3 Å². The minimum Gasteiger partial charge on any atom is -0.354 e. The molecule has 0 saturated heterocycles. The van der Waals surface area contributed by atoms with Crippen molar-refractivity contribution in [2.75, 3.05) is 11.9 Å². The summed E-state index contributed by atoms with van der Waals surface area (Å²) in [5.41, 5.74) is 2.66. The molecule has 2 N–H and O–H groups in total. The molecule has 0 aliphatic carbocycles. The highest BCUT2D eigenvalue weighted by Crippen LogP contribution is 2.16. The van der Waals surface area contributed by atoms with Crippen LogP contribution in [0.1, 0.15) is 16.1 Å². The molecule has 2 aromatic carbocycles. The fourth-order valence-electron chi connectivity index (χ4n) is 2.36. The number of nitrogens with zero attached hydrogens (tertiary/aromatic N) is 1. The van der Waals surface area contributed by atoms with Gasteiger partial charge in [0.25, 0.3) is 5.91 Å². The molecule has 0 unspecified atom stereocenters. The summed E-state index contributed by atoms with van der Waals surface area (Å²) in [7, 11) is 0. The standard InChI is InChI=1S/C20H17F2N3O/c21-15-3-1-14(2-4-15)11-12-23-20(26)19-10-9-18(13-24-19)25-17-7-5-16(22)6-8-17/h1-10,13,25H,11-12H2,(H,23,26). The third kappa shape index (κ3) is 4.86. The molecule has 132 valence electrons. The van der Waals surface area contributed by atoms with Crippen molar-refractivity contribution in [2.45, 2.75) is 6.42 Å². The number of carbonyl (C=O) groups is 1. The lowest BCUT2D eigenvalue weighted by atomic mass is 10.1. The van der Waals surface area contributed by atoms with Gasteiger partial charge in [-0.2, -0.15) is 0 Å². The van der Waals surface area contributed by atoms with Crippen LogP contribution in [0.3, 0.4) is 0 Å². The Labute approximate surface area is 149 Å². The summed E-state index contributed by atoms with van der Waals surface area (Å²) in [5.74, 6) is -0.863. The van der Waals surface area contributed by atoms with Crippen LogP contribution in [-0.2, 0) is 6.42 Å². The van der Waals surface area contributed by atoms with Crippen molar-refractivity contribution in [2.24, 2.45) is 0 Å². The maximum absolute atomic E-state index is 12.9. The molecular formula is C20H17F2N3O. The van der Waals surface area contributed by atoms with Gasteiger partial charge in [-0.25, -0.2) is 13.8 Å². The van der Waals surface area contributed by atoms with Crippen LogP contribution >= 0.6 is 0 Å². The fourth-order valence-corrected chi connectivity index (χ4v) is 2.36. The van der Waals surface area contributed by atoms with Gasteiger partial charge in [0.15, 0.2) is 0 Å². The lowest BCUT2D eigenvalue weighted by Gasteiger charge is -2.08. The third-order valence-electron chi connectivity index (χ3n) is 3.74. The smallest absolute Gasteiger partial charge is 0.269 e. The fraction of sp³-hybridized carbons (Fsp3) is 0.100. The summed E-state index contributed by atoms with van der Waals surface area (Å²) in [6.45, 7) is 0.432. The number of nitrogens with one attached hydrogen (secondary N) is 2. The predicted octanol–water partition coefficient (Wildman–Crippen LogP) is 4.08. The van der Waals surface area contributed by atoms with Gasteiger partial charge < -0.3 is 10.6 Å². The lowest BCUT2D eigenvalue weighted by Crippen LogP contribution is -2.26. The predicted molar refractivity (Wildman–Crippen MR) is 96.4 cm³/mol. The number of hydrogen-bond acceptors (Lipinski definition) is 3. The molecule has 0 aliphatic heterocycles. The molecule has 3 aromatic rings. The number of hydrogen-bond donors (Lipinski definition) is 2. The van der Waals surface area contributed by atoms with Gasteiger partial charge in [-0.05, 0) is 60.5 Å². The monoisotopic (exact) mass is 353 g/mol. The number of pyridine rings is 1. The molecule has 4 nitrogen and oxygen atoms in total. The second kappa shape index (κ2) is 8.20. The average Bonchev–Trinajstić information content (AvgIpc) is 2.66. The van der Waals surface area contributed by atoms with Gasteiger partial charge in [-0.1, -0.05) is 12.1 Å². The van der Waals surface area contributed by atoms with E-state index in [0.717, 1.165) is 11.3 Å². The number of aromatic nitrogens is 1. The molecule has 0 radical (unpaired) electrons. The zero-order valence-electron chi connectivity index (χ0n) is 13.9. The molecule has 26 heavy (non-hydrogen) atoms. The van der Waals surface area contributed by atoms with Crippen molar-refractivity contribution in [3.63, 3.8) is 0 Å². The zero-order valence-corrected chi connectivity index (χ0v) is 13.9. The van der Waals surface area contributed by atoms with Gasteiger partial charge in [0.1, 0.15) is 17.3 Å². The second-order valence-electron chi connectivity index (χ2n) is 5.70. The van der Waals surface area contributed by atoms with Crippen LogP contribution in [0.2, 0.25) is 0 Å². The van der Waals surface area contributed by atoms with Crippen molar-refractivity contribution in [3.8, 4) is 0 Å². The number of carbonyl (C=O) groups excluding carboxylic acids is 1. The Morgan fingerprint density at radius 3 is 2.08 bits per heavy atom. The highest BCUT2D eigenvalue weighted by molar-refractivity contribution is 5.92. The summed E-state index contributed by atoms with van der Waals surface area (Å²) in [4.78, 5) is 16.2. The topological polar surface area (TPSA) is 54.0 Å². The van der Waals surface area contributed by atoms with Gasteiger partial charge in [0, 0.05) is 12.2 Å². The second-order valence-corrected chi connectivity index (χ2v) is 5.70. The Kier molecular flexibility index (Phi) is 5.53. The quantitative estimate of drug-likeness (QED) is 0.702. The van der Waals surface area contributed by atoms with Gasteiger partial charge in [0.05, 0.1) is 11.9 Å². The molecule has 1 heterocycles. The maximum atomic E-state index is 12.9. The molecule has 0 bridgehead atoms. The van der Waals surface area contributed by atoms with Crippen LogP contribution in [-0.4, -0.2) is 17.4 Å². The average molecular weight is 353 g/mol. The van der Waals surface area contributed by atoms with E-state index in [9.17, 15) is 13.6 Å². The first kappa shape index (κ1) is 17.5. The van der Waals surface area contributed by atoms with Gasteiger partial charge in [-0.15, -0.1) is 0 Å². The van der Waals surface area contributed by atoms with Crippen molar-refractivity contribution in [1.29, 1.82) is 0 Å². The minimum absolute atomic E-state index is 0.277. The highest BCUT2D eigenvalue weighted by atomic mass is 19.1. The first-order valence-electron chi connectivity index (χ1n) is 8.11. The molecule has 0 atom stereocenters. The summed E-state index contributed by atoms with van der Waals surface area (Å²) < 4.78 is 25.7. The Hall–Kier alpha value is -3.28. The van der Waals surface area contributed by atoms with E-state index < -0.39 is 0 Å². The highest BCUT2D eigenvalue weighted by Gasteiger charge is 2.07. The number of halogens is 2. The maximum Gasteiger partial charge on any atom is 0.269 e. The van der Waals surface area contributed by atoms with E-state index in [1.54, 1.807) is 36.4 Å². The summed E-state index contributed by atoms with van der Waals surface area (Å²) in [5, 5.41) is 5.86. The van der Waals surface area contributed by atoms with Crippen LogP contribution < -0.4 is 10.6 Å². The van der Waals surface area contributed by atoms with Crippen LogP contribution in [0, 0.1) is 11.6 Å². The van der Waals surface area contributed by atoms with E-state index in [2.05, 4.69) is 15.6 Å². The summed E-state index contributed by atoms with van der Waals surface area (Å²) in [6.07, 6.45) is 2.15. The van der Waals surface area contributed by atoms with Crippen molar-refractivity contribution < 1.29 is 13.6 Å². The molecule has 0 spiro atoms. The lowest BCUT2D eigenvalue weighted by molar-refractivity contribution is 0.0949. The van der Waals surface area contributed by atoms with Crippen molar-refractivity contribution in [3.05, 3.63) is 89.8 Å². The largest absolute Gasteiger partial charge is 0.354 e. The molecule has 1 aromatic heterocycles. The Morgan fingerprint density at radius 2 is 1.46 bits per heavy atom. The van der Waals surface area contributed by atoms with E-state index in [-0.39, 0.29) is 17.5 Å². The van der Waals surface area contributed by atoms with Crippen LogP contribution in [0.25, 0.3) is 0 Å². The van der Waals surface area contributed by atoms with Gasteiger partial charge in [0.2, 0.25) is 0 Å². The number of anilines is 2. The zero-order chi connectivity index (χ0) is 18.4. The van der Waals surface area contributed by atoms with Crippen LogP contribution in [0.5, 0.6) is 0 Å². The Morgan fingerprint density at radius 1 is 0.846 bits per heavy atom. The van der Waals surface area contributed by atoms with E-state index >= 15 is 0 Å². The normalized spacial score (nSPS) is 10.4. The van der Waals surface area contributed by atoms with Crippen LogP contribution in [0.15, 0.2) is 66.9 Å². The molecule has 0 saturated carbocycles. The minimum atomic E-state index is -0.304. The van der Waals surface area contributed by atoms with E-state index in [1.807, 2.05) is 0 Å². The third-order valence-corrected chi connectivity index (χ3v) is 3.74. The molecule has 3 rings (SSSR count). The SMILES string of the molecule is O=C(NCCc1ccc(F)cc1)c1ccc(Nc2ccc(F)cc2)cn1. The van der Waals surface area contributed by atoms with E-state index in [4.69, 9.17) is 0 Å². The number of amides is 1. The molecule has 1 amide bonds. The van der Waals surface area contributed by atoms with Gasteiger partial charge in [-0.3, -0.25) is 4.79 Å². The number of benzene rings is 2. The molecular weight excluding hydrogens is 336 g/mol. The molecule has 0 fully saturated rings. The van der Waals surface area contributed by atoms with Gasteiger partial charge >= 0.3 is 0 Å².